The van der Waals surface area contributed by atoms with Crippen molar-refractivity contribution >= 4 is 34.7 Å². The highest BCUT2D eigenvalue weighted by Crippen LogP contribution is 2.33. The molecule has 1 aliphatic heterocycles. The zero-order chi connectivity index (χ0) is 32.1. The largest absolute Gasteiger partial charge is 0.573 e. The number of alkyl halides is 3. The highest BCUT2D eigenvalue weighted by molar-refractivity contribution is 8.14. The minimum absolute atomic E-state index is 0.313. The van der Waals surface area contributed by atoms with Crippen molar-refractivity contribution in [1.82, 2.24) is 20.1 Å². The van der Waals surface area contributed by atoms with E-state index in [9.17, 15) is 18.0 Å². The van der Waals surface area contributed by atoms with Gasteiger partial charge < -0.3 is 15.0 Å². The van der Waals surface area contributed by atoms with Gasteiger partial charge in [0.25, 0.3) is 0 Å². The van der Waals surface area contributed by atoms with Crippen molar-refractivity contribution in [3.8, 4) is 22.8 Å². The van der Waals surface area contributed by atoms with Gasteiger partial charge in [-0.05, 0) is 79.3 Å². The standard InChI is InChI=1S/C33H33F3N6O2S/c1-21(2)28-15-6-22(3)18-29(28)41-16-5-17-45-32(41)39-31(43)38-23(4)19-24-7-9-25(10-8-24)30-37-20-42(40-30)26-11-13-27(14-12-26)44-33(34,35)36/h6-15,18-21H,5,16-17H2,1-4H3,(H,38,43)/b23-19+,39-32-. The van der Waals surface area contributed by atoms with Gasteiger partial charge in [-0.15, -0.1) is 18.3 Å². The number of amidine groups is 1. The first-order valence-electron chi connectivity index (χ1n) is 14.4. The van der Waals surface area contributed by atoms with E-state index in [1.54, 1.807) is 11.8 Å². The van der Waals surface area contributed by atoms with E-state index in [-0.39, 0.29) is 5.75 Å². The molecule has 0 aliphatic carbocycles. The van der Waals surface area contributed by atoms with Gasteiger partial charge in [0.05, 0.1) is 5.69 Å². The van der Waals surface area contributed by atoms with Crippen LogP contribution in [0.5, 0.6) is 5.75 Å². The van der Waals surface area contributed by atoms with E-state index in [0.717, 1.165) is 41.1 Å². The summed E-state index contributed by atoms with van der Waals surface area (Å²) in [4.78, 5) is 23.9. The summed E-state index contributed by atoms with van der Waals surface area (Å²) < 4.78 is 42.7. The topological polar surface area (TPSA) is 84.6 Å². The number of halogens is 3. The highest BCUT2D eigenvalue weighted by Gasteiger charge is 2.31. The fraction of sp³-hybridized carbons (Fsp3) is 0.273. The Bertz CT molecular complexity index is 1710. The molecule has 0 spiro atoms. The summed E-state index contributed by atoms with van der Waals surface area (Å²) >= 11 is 1.59. The number of urea groups is 1. The lowest BCUT2D eigenvalue weighted by atomic mass is 9.98. The molecule has 1 saturated heterocycles. The van der Waals surface area contributed by atoms with E-state index in [1.165, 1.54) is 40.8 Å². The number of aromatic nitrogens is 3. The SMILES string of the molecule is C/C(=C\c1ccc(-c2ncn(-c3ccc(OC(F)(F)F)cc3)n2)cc1)NC(=O)/N=C1\SCCCN1c1cc(C)ccc1C(C)C. The van der Waals surface area contributed by atoms with Gasteiger partial charge >= 0.3 is 12.4 Å². The molecule has 45 heavy (non-hydrogen) atoms. The van der Waals surface area contributed by atoms with Gasteiger partial charge in [-0.3, -0.25) is 0 Å². The van der Waals surface area contributed by atoms with Crippen LogP contribution in [0, 0.1) is 6.92 Å². The highest BCUT2D eigenvalue weighted by atomic mass is 32.2. The number of allylic oxidation sites excluding steroid dienone is 1. The molecule has 0 radical (unpaired) electrons. The van der Waals surface area contributed by atoms with Crippen LogP contribution in [0.15, 0.2) is 83.7 Å². The normalized spacial score (nSPS) is 15.1. The number of nitrogens with zero attached hydrogens (tertiary/aromatic N) is 5. The van der Waals surface area contributed by atoms with Gasteiger partial charge in [-0.2, -0.15) is 4.99 Å². The maximum Gasteiger partial charge on any atom is 0.573 e. The van der Waals surface area contributed by atoms with E-state index >= 15 is 0 Å². The Balaban J connectivity index is 1.24. The van der Waals surface area contributed by atoms with E-state index in [4.69, 9.17) is 0 Å². The van der Waals surface area contributed by atoms with Crippen LogP contribution in [0.25, 0.3) is 23.2 Å². The van der Waals surface area contributed by atoms with E-state index in [2.05, 4.69) is 69.0 Å². The Kier molecular flexibility index (Phi) is 9.62. The molecule has 0 saturated carbocycles. The smallest absolute Gasteiger partial charge is 0.406 e. The Morgan fingerprint density at radius 1 is 1.09 bits per heavy atom. The second kappa shape index (κ2) is 13.6. The first-order valence-corrected chi connectivity index (χ1v) is 15.4. The number of aryl methyl sites for hydroxylation is 1. The molecule has 2 amide bonds. The lowest BCUT2D eigenvalue weighted by Gasteiger charge is -2.32. The fourth-order valence-corrected chi connectivity index (χ4v) is 5.82. The number of thioether (sulfide) groups is 1. The first-order chi connectivity index (χ1) is 21.4. The summed E-state index contributed by atoms with van der Waals surface area (Å²) in [7, 11) is 0. The Morgan fingerprint density at radius 3 is 2.51 bits per heavy atom. The number of carbonyl (C=O) groups is 1. The molecule has 0 bridgehead atoms. The molecule has 234 valence electrons. The molecule has 12 heteroatoms. The summed E-state index contributed by atoms with van der Waals surface area (Å²) in [5.41, 5.74) is 6.28. The van der Waals surface area contributed by atoms with Gasteiger partial charge in [0.15, 0.2) is 11.0 Å². The Morgan fingerprint density at radius 2 is 1.82 bits per heavy atom. The molecule has 2 heterocycles. The van der Waals surface area contributed by atoms with Crippen LogP contribution in [-0.4, -0.2) is 44.6 Å². The number of hydrogen-bond acceptors (Lipinski definition) is 5. The minimum atomic E-state index is -4.75. The zero-order valence-corrected chi connectivity index (χ0v) is 26.1. The summed E-state index contributed by atoms with van der Waals surface area (Å²) in [5, 5.41) is 8.01. The molecule has 1 aliphatic rings. The molecular formula is C33H33F3N6O2S. The zero-order valence-electron chi connectivity index (χ0n) is 25.3. The van der Waals surface area contributed by atoms with Crippen molar-refractivity contribution in [2.24, 2.45) is 4.99 Å². The van der Waals surface area contributed by atoms with Crippen molar-refractivity contribution in [2.75, 3.05) is 17.2 Å². The van der Waals surface area contributed by atoms with Crippen LogP contribution in [0.1, 0.15) is 49.8 Å². The summed E-state index contributed by atoms with van der Waals surface area (Å²) in [6, 6.07) is 18.8. The lowest BCUT2D eigenvalue weighted by Crippen LogP contribution is -2.36. The van der Waals surface area contributed by atoms with E-state index in [1.807, 2.05) is 37.3 Å². The quantitative estimate of drug-likeness (QED) is 0.220. The third-order valence-electron chi connectivity index (χ3n) is 6.97. The third kappa shape index (κ3) is 8.33. The van der Waals surface area contributed by atoms with E-state index < -0.39 is 12.4 Å². The monoisotopic (exact) mass is 634 g/mol. The van der Waals surface area contributed by atoms with Crippen molar-refractivity contribution in [1.29, 1.82) is 0 Å². The summed E-state index contributed by atoms with van der Waals surface area (Å²) in [6.45, 7) is 9.02. The molecule has 1 fully saturated rings. The van der Waals surface area contributed by atoms with Crippen LogP contribution in [-0.2, 0) is 0 Å². The average Bonchev–Trinajstić information content (AvgIpc) is 3.47. The van der Waals surface area contributed by atoms with Crippen LogP contribution >= 0.6 is 11.8 Å². The fourth-order valence-electron chi connectivity index (χ4n) is 4.87. The number of rotatable bonds is 7. The number of aliphatic imine (C=N–C) groups is 1. The Hall–Kier alpha value is -4.58. The number of hydrogen-bond donors (Lipinski definition) is 1. The predicted octanol–water partition coefficient (Wildman–Crippen LogP) is 8.33. The summed E-state index contributed by atoms with van der Waals surface area (Å²) in [6.07, 6.45) is -0.410. The maximum atomic E-state index is 13.0. The van der Waals surface area contributed by atoms with Crippen LogP contribution < -0.4 is 15.0 Å². The number of benzene rings is 3. The average molecular weight is 635 g/mol. The van der Waals surface area contributed by atoms with Gasteiger partial charge in [0.2, 0.25) is 0 Å². The molecule has 1 aromatic heterocycles. The van der Waals surface area contributed by atoms with Gasteiger partial charge in [0, 0.05) is 29.2 Å². The van der Waals surface area contributed by atoms with Crippen molar-refractivity contribution in [3.63, 3.8) is 0 Å². The maximum absolute atomic E-state index is 13.0. The van der Waals surface area contributed by atoms with Crippen LogP contribution in [0.3, 0.4) is 0 Å². The minimum Gasteiger partial charge on any atom is -0.406 e. The molecular weight excluding hydrogens is 601 g/mol. The molecule has 4 aromatic rings. The predicted molar refractivity (Wildman–Crippen MR) is 173 cm³/mol. The van der Waals surface area contributed by atoms with E-state index in [0.29, 0.717) is 28.3 Å². The molecule has 1 N–H and O–H groups in total. The Labute approximate surface area is 264 Å². The molecule has 3 aromatic carbocycles. The number of nitrogens with one attached hydrogen (secondary N) is 1. The molecule has 0 atom stereocenters. The number of ether oxygens (including phenoxy) is 1. The van der Waals surface area contributed by atoms with Gasteiger partial charge in [0.1, 0.15) is 12.1 Å². The second-order valence-electron chi connectivity index (χ2n) is 10.9. The number of amides is 2. The van der Waals surface area contributed by atoms with Crippen LogP contribution in [0.2, 0.25) is 0 Å². The van der Waals surface area contributed by atoms with Crippen LogP contribution in [0.4, 0.5) is 23.7 Å². The molecule has 8 nitrogen and oxygen atoms in total. The molecule has 0 unspecified atom stereocenters. The number of anilines is 1. The van der Waals surface area contributed by atoms with Gasteiger partial charge in [-0.1, -0.05) is 62.0 Å². The van der Waals surface area contributed by atoms with Crippen molar-refractivity contribution in [2.45, 2.75) is 46.4 Å². The van der Waals surface area contributed by atoms with Crippen molar-refractivity contribution in [3.05, 3.63) is 95.4 Å². The molecule has 5 rings (SSSR count). The first kappa shape index (κ1) is 31.8. The second-order valence-corrected chi connectivity index (χ2v) is 12.0. The van der Waals surface area contributed by atoms with Crippen molar-refractivity contribution < 1.29 is 22.7 Å². The third-order valence-corrected chi connectivity index (χ3v) is 8.03. The number of carbonyl (C=O) groups excluding carboxylic acids is 1. The van der Waals surface area contributed by atoms with Gasteiger partial charge in [-0.25, -0.2) is 14.5 Å². The summed E-state index contributed by atoms with van der Waals surface area (Å²) in [5.74, 6) is 1.38. The lowest BCUT2D eigenvalue weighted by molar-refractivity contribution is -0.274.